The Morgan fingerprint density at radius 2 is 2.16 bits per heavy atom. The number of benzene rings is 1. The van der Waals surface area contributed by atoms with E-state index < -0.39 is 0 Å². The van der Waals surface area contributed by atoms with Crippen LogP contribution in [0.3, 0.4) is 0 Å². The predicted octanol–water partition coefficient (Wildman–Crippen LogP) is 1.98. The van der Waals surface area contributed by atoms with Gasteiger partial charge in [-0.25, -0.2) is 0 Å². The van der Waals surface area contributed by atoms with Crippen molar-refractivity contribution in [2.75, 3.05) is 27.2 Å². The fourth-order valence-electron chi connectivity index (χ4n) is 3.01. The summed E-state index contributed by atoms with van der Waals surface area (Å²) in [6.07, 6.45) is 2.66. The van der Waals surface area contributed by atoms with Crippen molar-refractivity contribution in [2.45, 2.75) is 38.9 Å². The first-order valence-electron chi connectivity index (χ1n) is 7.27. The molecule has 1 aliphatic heterocycles. The highest BCUT2D eigenvalue weighted by Gasteiger charge is 2.25. The second-order valence-corrected chi connectivity index (χ2v) is 5.99. The zero-order valence-corrected chi connectivity index (χ0v) is 12.5. The fraction of sp³-hybridized carbons (Fsp3) is 0.625. The molecule has 1 heterocycles. The lowest BCUT2D eigenvalue weighted by atomic mass is 10.0. The summed E-state index contributed by atoms with van der Waals surface area (Å²) in [7, 11) is 4.33. The average molecular weight is 261 g/mol. The van der Waals surface area contributed by atoms with Gasteiger partial charge in [-0.3, -0.25) is 4.90 Å². The highest BCUT2D eigenvalue weighted by Crippen LogP contribution is 2.22. The lowest BCUT2D eigenvalue weighted by Gasteiger charge is -2.27. The van der Waals surface area contributed by atoms with Gasteiger partial charge < -0.3 is 10.6 Å². The van der Waals surface area contributed by atoms with Gasteiger partial charge in [-0.1, -0.05) is 18.2 Å². The summed E-state index contributed by atoms with van der Waals surface area (Å²) in [6, 6.07) is 7.36. The molecule has 2 N–H and O–H groups in total. The van der Waals surface area contributed by atoms with Crippen LogP contribution in [-0.4, -0.2) is 43.0 Å². The summed E-state index contributed by atoms with van der Waals surface area (Å²) >= 11 is 0. The van der Waals surface area contributed by atoms with Crippen LogP contribution in [0.4, 0.5) is 0 Å². The van der Waals surface area contributed by atoms with E-state index in [-0.39, 0.29) is 0 Å². The molecule has 0 radical (unpaired) electrons. The van der Waals surface area contributed by atoms with Crippen LogP contribution in [0.1, 0.15) is 29.5 Å². The molecule has 3 nitrogen and oxygen atoms in total. The number of nitrogens with two attached hydrogens (primary N) is 1. The van der Waals surface area contributed by atoms with Crippen molar-refractivity contribution in [1.82, 2.24) is 9.80 Å². The Labute approximate surface area is 117 Å². The summed E-state index contributed by atoms with van der Waals surface area (Å²) in [6.45, 7) is 6.31. The van der Waals surface area contributed by atoms with Crippen molar-refractivity contribution in [2.24, 2.45) is 5.73 Å². The number of aryl methyl sites for hydroxylation is 1. The Bertz CT molecular complexity index is 414. The number of likely N-dealkylation sites (tertiary alicyclic amines) is 1. The number of rotatable bonds is 5. The highest BCUT2D eigenvalue weighted by molar-refractivity contribution is 5.31. The maximum atomic E-state index is 5.69. The number of hydrogen-bond donors (Lipinski definition) is 1. The van der Waals surface area contributed by atoms with E-state index in [4.69, 9.17) is 5.73 Å². The van der Waals surface area contributed by atoms with Gasteiger partial charge in [0.1, 0.15) is 0 Å². The molecule has 19 heavy (non-hydrogen) atoms. The monoisotopic (exact) mass is 261 g/mol. The smallest absolute Gasteiger partial charge is 0.0239 e. The Morgan fingerprint density at radius 1 is 1.37 bits per heavy atom. The van der Waals surface area contributed by atoms with Crippen LogP contribution >= 0.6 is 0 Å². The minimum Gasteiger partial charge on any atom is -0.326 e. The standard InChI is InChI=1S/C16H27N3/c1-13-9-14(10-17)6-7-15(13)11-19-8-4-5-16(19)12-18(2)3/h6-7,9,16H,4-5,8,10-12,17H2,1-3H3. The predicted molar refractivity (Wildman–Crippen MR) is 81.1 cm³/mol. The van der Waals surface area contributed by atoms with Crippen molar-refractivity contribution in [3.8, 4) is 0 Å². The molecule has 1 saturated heterocycles. The highest BCUT2D eigenvalue weighted by atomic mass is 15.2. The van der Waals surface area contributed by atoms with Gasteiger partial charge >= 0.3 is 0 Å². The van der Waals surface area contributed by atoms with Crippen molar-refractivity contribution in [3.63, 3.8) is 0 Å². The molecular formula is C16H27N3. The van der Waals surface area contributed by atoms with Crippen molar-refractivity contribution < 1.29 is 0 Å². The molecule has 1 atom stereocenters. The van der Waals surface area contributed by atoms with E-state index in [1.54, 1.807) is 0 Å². The molecule has 1 unspecified atom stereocenters. The molecule has 0 spiro atoms. The Hall–Kier alpha value is -0.900. The van der Waals surface area contributed by atoms with Crippen LogP contribution in [0.25, 0.3) is 0 Å². The first-order chi connectivity index (χ1) is 9.10. The summed E-state index contributed by atoms with van der Waals surface area (Å²) in [5.74, 6) is 0. The molecule has 2 rings (SSSR count). The zero-order chi connectivity index (χ0) is 13.8. The molecule has 0 saturated carbocycles. The zero-order valence-electron chi connectivity index (χ0n) is 12.5. The van der Waals surface area contributed by atoms with Crippen molar-refractivity contribution in [1.29, 1.82) is 0 Å². The van der Waals surface area contributed by atoms with E-state index in [1.165, 1.54) is 42.6 Å². The lowest BCUT2D eigenvalue weighted by Crippen LogP contribution is -2.37. The average Bonchev–Trinajstić information content (AvgIpc) is 2.78. The third kappa shape index (κ3) is 3.78. The van der Waals surface area contributed by atoms with Gasteiger partial charge in [0, 0.05) is 25.7 Å². The van der Waals surface area contributed by atoms with Gasteiger partial charge in [0.15, 0.2) is 0 Å². The first-order valence-corrected chi connectivity index (χ1v) is 7.27. The molecule has 1 aromatic rings. The molecule has 1 aromatic carbocycles. The van der Waals surface area contributed by atoms with Gasteiger partial charge in [0.2, 0.25) is 0 Å². The topological polar surface area (TPSA) is 32.5 Å². The Morgan fingerprint density at radius 3 is 2.79 bits per heavy atom. The molecule has 0 aromatic heterocycles. The van der Waals surface area contributed by atoms with Gasteiger partial charge in [-0.05, 0) is 57.1 Å². The van der Waals surface area contributed by atoms with Crippen LogP contribution in [0.5, 0.6) is 0 Å². The van der Waals surface area contributed by atoms with Crippen molar-refractivity contribution >= 4 is 0 Å². The molecular weight excluding hydrogens is 234 g/mol. The third-order valence-electron chi connectivity index (χ3n) is 4.09. The molecule has 1 fully saturated rings. The van der Waals surface area contributed by atoms with Crippen molar-refractivity contribution in [3.05, 3.63) is 34.9 Å². The molecule has 0 aliphatic carbocycles. The number of nitrogens with zero attached hydrogens (tertiary/aromatic N) is 2. The van der Waals surface area contributed by atoms with Gasteiger partial charge in [-0.2, -0.15) is 0 Å². The lowest BCUT2D eigenvalue weighted by molar-refractivity contribution is 0.201. The fourth-order valence-corrected chi connectivity index (χ4v) is 3.01. The second kappa shape index (κ2) is 6.51. The number of hydrogen-bond acceptors (Lipinski definition) is 3. The maximum Gasteiger partial charge on any atom is 0.0239 e. The summed E-state index contributed by atoms with van der Waals surface area (Å²) < 4.78 is 0. The maximum absolute atomic E-state index is 5.69. The molecule has 1 aliphatic rings. The summed E-state index contributed by atoms with van der Waals surface area (Å²) in [4.78, 5) is 4.93. The Kier molecular flexibility index (Phi) is 4.97. The minimum atomic E-state index is 0.633. The summed E-state index contributed by atoms with van der Waals surface area (Å²) in [5, 5.41) is 0. The van der Waals surface area contributed by atoms with E-state index in [0.29, 0.717) is 12.6 Å². The normalized spacial score (nSPS) is 20.4. The Balaban J connectivity index is 2.03. The third-order valence-corrected chi connectivity index (χ3v) is 4.09. The van der Waals surface area contributed by atoms with Crippen LogP contribution in [-0.2, 0) is 13.1 Å². The number of likely N-dealkylation sites (N-methyl/N-ethyl adjacent to an activating group) is 1. The summed E-state index contributed by atoms with van der Waals surface area (Å²) in [5.41, 5.74) is 9.74. The largest absolute Gasteiger partial charge is 0.326 e. The molecule has 0 bridgehead atoms. The van der Waals surface area contributed by atoms with Crippen LogP contribution in [0.15, 0.2) is 18.2 Å². The van der Waals surface area contributed by atoms with E-state index >= 15 is 0 Å². The van der Waals surface area contributed by atoms with Crippen LogP contribution in [0, 0.1) is 6.92 Å². The quantitative estimate of drug-likeness (QED) is 0.879. The molecule has 3 heteroatoms. The van der Waals surface area contributed by atoms with Crippen LogP contribution < -0.4 is 5.73 Å². The van der Waals surface area contributed by atoms with E-state index in [9.17, 15) is 0 Å². The van der Waals surface area contributed by atoms with E-state index in [2.05, 4.69) is 49.0 Å². The van der Waals surface area contributed by atoms with E-state index in [1.807, 2.05) is 0 Å². The second-order valence-electron chi connectivity index (χ2n) is 5.99. The molecule has 106 valence electrons. The van der Waals surface area contributed by atoms with Gasteiger partial charge in [0.05, 0.1) is 0 Å². The van der Waals surface area contributed by atoms with Gasteiger partial charge in [-0.15, -0.1) is 0 Å². The van der Waals surface area contributed by atoms with Crippen LogP contribution in [0.2, 0.25) is 0 Å². The first kappa shape index (κ1) is 14.5. The molecule has 0 amide bonds. The SMILES string of the molecule is Cc1cc(CN)ccc1CN1CCCC1CN(C)C. The van der Waals surface area contributed by atoms with Gasteiger partial charge in [0.25, 0.3) is 0 Å². The minimum absolute atomic E-state index is 0.633. The van der Waals surface area contributed by atoms with E-state index in [0.717, 1.165) is 6.54 Å².